The van der Waals surface area contributed by atoms with Crippen LogP contribution >= 0.6 is 15.9 Å². The van der Waals surface area contributed by atoms with Gasteiger partial charge in [0.05, 0.1) is 11.4 Å². The molecule has 0 fully saturated rings. The van der Waals surface area contributed by atoms with Gasteiger partial charge in [0.2, 0.25) is 0 Å². The zero-order valence-corrected chi connectivity index (χ0v) is 14.4. The zero-order valence-electron chi connectivity index (χ0n) is 12.8. The molecule has 0 spiro atoms. The molecule has 0 aliphatic heterocycles. The van der Waals surface area contributed by atoms with Crippen LogP contribution in [0.1, 0.15) is 12.5 Å². The lowest BCUT2D eigenvalue weighted by Crippen LogP contribution is -1.99. The Kier molecular flexibility index (Phi) is 4.89. The molecule has 3 heteroatoms. The van der Waals surface area contributed by atoms with Crippen LogP contribution in [-0.4, -0.2) is 5.71 Å². The van der Waals surface area contributed by atoms with Gasteiger partial charge in [0, 0.05) is 4.47 Å². The number of nitrogens with one attached hydrogen (secondary N) is 1. The van der Waals surface area contributed by atoms with Crippen LogP contribution in [0, 0.1) is 0 Å². The van der Waals surface area contributed by atoms with Gasteiger partial charge in [0.1, 0.15) is 0 Å². The number of halogens is 1. The molecule has 0 heterocycles. The highest BCUT2D eigenvalue weighted by Gasteiger charge is 2.00. The first-order valence-corrected chi connectivity index (χ1v) is 8.23. The highest BCUT2D eigenvalue weighted by molar-refractivity contribution is 9.10. The molecule has 3 aromatic rings. The Hall–Kier alpha value is -2.39. The summed E-state index contributed by atoms with van der Waals surface area (Å²) < 4.78 is 1.06. The van der Waals surface area contributed by atoms with E-state index in [2.05, 4.69) is 75.0 Å². The molecule has 3 rings (SSSR count). The summed E-state index contributed by atoms with van der Waals surface area (Å²) in [6.07, 6.45) is 0. The van der Waals surface area contributed by atoms with Gasteiger partial charge in [-0.3, -0.25) is 5.43 Å². The Balaban J connectivity index is 1.73. The van der Waals surface area contributed by atoms with Crippen molar-refractivity contribution in [3.63, 3.8) is 0 Å². The zero-order chi connectivity index (χ0) is 16.1. The summed E-state index contributed by atoms with van der Waals surface area (Å²) in [5.41, 5.74) is 8.54. The van der Waals surface area contributed by atoms with E-state index in [1.54, 1.807) is 0 Å². The largest absolute Gasteiger partial charge is 0.278 e. The molecule has 23 heavy (non-hydrogen) atoms. The molecule has 0 radical (unpaired) electrons. The van der Waals surface area contributed by atoms with E-state index in [1.165, 1.54) is 11.1 Å². The highest BCUT2D eigenvalue weighted by atomic mass is 79.9. The van der Waals surface area contributed by atoms with E-state index in [4.69, 9.17) is 0 Å². The third kappa shape index (κ3) is 4.08. The summed E-state index contributed by atoms with van der Waals surface area (Å²) in [6, 6.07) is 26.8. The van der Waals surface area contributed by atoms with Crippen LogP contribution in [0.25, 0.3) is 11.1 Å². The fourth-order valence-electron chi connectivity index (χ4n) is 2.27. The average molecular weight is 365 g/mol. The van der Waals surface area contributed by atoms with Gasteiger partial charge >= 0.3 is 0 Å². The summed E-state index contributed by atoms with van der Waals surface area (Å²) in [4.78, 5) is 0. The quantitative estimate of drug-likeness (QED) is 0.448. The van der Waals surface area contributed by atoms with Crippen LogP contribution in [0.15, 0.2) is 88.4 Å². The third-order valence-electron chi connectivity index (χ3n) is 3.61. The number of rotatable bonds is 4. The fraction of sp³-hybridized carbons (Fsp3) is 0.0500. The topological polar surface area (TPSA) is 24.4 Å². The molecular weight excluding hydrogens is 348 g/mol. The van der Waals surface area contributed by atoms with Crippen LogP contribution in [0.2, 0.25) is 0 Å². The van der Waals surface area contributed by atoms with Crippen molar-refractivity contribution in [2.75, 3.05) is 5.43 Å². The van der Waals surface area contributed by atoms with Gasteiger partial charge in [-0.05, 0) is 47.9 Å². The molecule has 0 amide bonds. The lowest BCUT2D eigenvalue weighted by atomic mass is 10.0. The van der Waals surface area contributed by atoms with E-state index in [0.717, 1.165) is 21.4 Å². The minimum absolute atomic E-state index is 0.951. The Morgan fingerprint density at radius 3 is 2.04 bits per heavy atom. The normalized spacial score (nSPS) is 11.3. The molecule has 0 atom stereocenters. The summed E-state index contributed by atoms with van der Waals surface area (Å²) >= 11 is 3.42. The van der Waals surface area contributed by atoms with E-state index in [1.807, 2.05) is 37.3 Å². The summed E-state index contributed by atoms with van der Waals surface area (Å²) in [6.45, 7) is 2.00. The Labute approximate surface area is 145 Å². The van der Waals surface area contributed by atoms with E-state index in [-0.39, 0.29) is 0 Å². The van der Waals surface area contributed by atoms with Gasteiger partial charge in [0.25, 0.3) is 0 Å². The predicted molar refractivity (Wildman–Crippen MR) is 102 cm³/mol. The predicted octanol–water partition coefficient (Wildman–Crippen LogP) is 5.95. The second kappa shape index (κ2) is 7.25. The minimum atomic E-state index is 0.951. The SMILES string of the molecule is C/C(=N\Nc1ccc(Br)cc1)c1ccc(-c2ccccc2)cc1. The molecule has 0 saturated heterocycles. The van der Waals surface area contributed by atoms with E-state index < -0.39 is 0 Å². The van der Waals surface area contributed by atoms with Crippen molar-refractivity contribution in [2.24, 2.45) is 5.10 Å². The van der Waals surface area contributed by atoms with Crippen molar-refractivity contribution >= 4 is 27.3 Å². The Morgan fingerprint density at radius 2 is 1.39 bits per heavy atom. The molecule has 0 unspecified atom stereocenters. The van der Waals surface area contributed by atoms with Gasteiger partial charge in [-0.25, -0.2) is 0 Å². The van der Waals surface area contributed by atoms with Crippen LogP contribution in [0.4, 0.5) is 5.69 Å². The minimum Gasteiger partial charge on any atom is -0.278 e. The van der Waals surface area contributed by atoms with Gasteiger partial charge in [0.15, 0.2) is 0 Å². The molecule has 1 N–H and O–H groups in total. The molecule has 0 bridgehead atoms. The van der Waals surface area contributed by atoms with Gasteiger partial charge in [-0.1, -0.05) is 70.5 Å². The van der Waals surface area contributed by atoms with Crippen molar-refractivity contribution in [3.8, 4) is 11.1 Å². The van der Waals surface area contributed by atoms with Crippen molar-refractivity contribution in [2.45, 2.75) is 6.92 Å². The summed E-state index contributed by atoms with van der Waals surface area (Å²) in [5.74, 6) is 0. The maximum atomic E-state index is 4.45. The number of anilines is 1. The first-order chi connectivity index (χ1) is 11.2. The van der Waals surface area contributed by atoms with Crippen molar-refractivity contribution in [1.29, 1.82) is 0 Å². The van der Waals surface area contributed by atoms with Crippen LogP contribution in [-0.2, 0) is 0 Å². The van der Waals surface area contributed by atoms with Crippen LogP contribution < -0.4 is 5.43 Å². The second-order valence-corrected chi connectivity index (χ2v) is 6.17. The maximum absolute atomic E-state index is 4.45. The van der Waals surface area contributed by atoms with Gasteiger partial charge in [-0.15, -0.1) is 0 Å². The molecule has 0 aromatic heterocycles. The number of nitrogens with zero attached hydrogens (tertiary/aromatic N) is 1. The maximum Gasteiger partial charge on any atom is 0.0648 e. The lowest BCUT2D eigenvalue weighted by Gasteiger charge is -2.06. The van der Waals surface area contributed by atoms with Crippen LogP contribution in [0.5, 0.6) is 0 Å². The number of hydrogen-bond acceptors (Lipinski definition) is 2. The Morgan fingerprint density at radius 1 is 0.783 bits per heavy atom. The van der Waals surface area contributed by atoms with Crippen LogP contribution in [0.3, 0.4) is 0 Å². The van der Waals surface area contributed by atoms with Crippen molar-refractivity contribution in [1.82, 2.24) is 0 Å². The molecule has 2 nitrogen and oxygen atoms in total. The molecule has 3 aromatic carbocycles. The highest BCUT2D eigenvalue weighted by Crippen LogP contribution is 2.19. The molecule has 0 saturated carbocycles. The smallest absolute Gasteiger partial charge is 0.0648 e. The van der Waals surface area contributed by atoms with Crippen molar-refractivity contribution in [3.05, 3.63) is 88.9 Å². The number of hydrazone groups is 1. The molecular formula is C20H17BrN2. The monoisotopic (exact) mass is 364 g/mol. The van der Waals surface area contributed by atoms with E-state index in [9.17, 15) is 0 Å². The summed E-state index contributed by atoms with van der Waals surface area (Å²) in [7, 11) is 0. The Bertz CT molecular complexity index is 791. The standard InChI is InChI=1S/C20H17BrN2/c1-15(22-23-20-13-11-19(21)12-14-20)16-7-9-18(10-8-16)17-5-3-2-4-6-17/h2-14,23H,1H3/b22-15+. The summed E-state index contributed by atoms with van der Waals surface area (Å²) in [5, 5.41) is 4.45. The number of benzene rings is 3. The lowest BCUT2D eigenvalue weighted by molar-refractivity contribution is 1.32. The molecule has 0 aliphatic rings. The van der Waals surface area contributed by atoms with E-state index >= 15 is 0 Å². The van der Waals surface area contributed by atoms with Gasteiger partial charge < -0.3 is 0 Å². The van der Waals surface area contributed by atoms with Gasteiger partial charge in [-0.2, -0.15) is 5.10 Å². The molecule has 0 aliphatic carbocycles. The third-order valence-corrected chi connectivity index (χ3v) is 4.14. The first-order valence-electron chi connectivity index (χ1n) is 7.44. The second-order valence-electron chi connectivity index (χ2n) is 5.26. The fourth-order valence-corrected chi connectivity index (χ4v) is 2.54. The number of hydrogen-bond donors (Lipinski definition) is 1. The first kappa shape index (κ1) is 15.5. The average Bonchev–Trinajstić information content (AvgIpc) is 2.62. The van der Waals surface area contributed by atoms with E-state index in [0.29, 0.717) is 0 Å². The van der Waals surface area contributed by atoms with Crippen molar-refractivity contribution < 1.29 is 0 Å². The molecule has 114 valence electrons.